The minimum absolute atomic E-state index is 0.00518. The summed E-state index contributed by atoms with van der Waals surface area (Å²) in [7, 11) is 1.61. The molecule has 0 radical (unpaired) electrons. The number of para-hydroxylation sites is 1. The lowest BCUT2D eigenvalue weighted by molar-refractivity contribution is -0.121. The fourth-order valence-corrected chi connectivity index (χ4v) is 3.86. The largest absolute Gasteiger partial charge is 0.335 e. The third-order valence-corrected chi connectivity index (χ3v) is 5.63. The van der Waals surface area contributed by atoms with Gasteiger partial charge >= 0.3 is 0 Å². The van der Waals surface area contributed by atoms with Crippen LogP contribution in [-0.2, 0) is 9.59 Å². The first-order valence-corrected chi connectivity index (χ1v) is 9.73. The van der Waals surface area contributed by atoms with Gasteiger partial charge in [-0.05, 0) is 59.0 Å². The van der Waals surface area contributed by atoms with Crippen LogP contribution in [0.1, 0.15) is 6.42 Å². The summed E-state index contributed by atoms with van der Waals surface area (Å²) in [5.41, 5.74) is 0.826. The van der Waals surface area contributed by atoms with Gasteiger partial charge in [-0.2, -0.15) is 0 Å². The van der Waals surface area contributed by atoms with E-state index in [1.807, 2.05) is 24.3 Å². The first-order valence-electron chi connectivity index (χ1n) is 7.77. The van der Waals surface area contributed by atoms with Crippen LogP contribution in [0, 0.1) is 9.39 Å². The van der Waals surface area contributed by atoms with Gasteiger partial charge in [0, 0.05) is 22.7 Å². The number of anilines is 2. The summed E-state index contributed by atoms with van der Waals surface area (Å²) < 4.78 is 15.1. The van der Waals surface area contributed by atoms with Crippen molar-refractivity contribution < 1.29 is 14.0 Å². The topological polar surface area (TPSA) is 61.8 Å². The van der Waals surface area contributed by atoms with Crippen LogP contribution >= 0.6 is 34.4 Å². The molecule has 5 nitrogen and oxygen atoms in total. The summed E-state index contributed by atoms with van der Waals surface area (Å²) in [6.07, 6.45) is 0.00518. The van der Waals surface area contributed by atoms with E-state index in [0.717, 1.165) is 14.2 Å². The Labute approximate surface area is 168 Å². The van der Waals surface area contributed by atoms with E-state index in [0.29, 0.717) is 5.17 Å². The van der Waals surface area contributed by atoms with Crippen molar-refractivity contribution in [2.75, 3.05) is 17.3 Å². The molecular weight excluding hydrogens is 468 g/mol. The molecule has 3 rings (SSSR count). The van der Waals surface area contributed by atoms with E-state index < -0.39 is 22.9 Å². The average Bonchev–Trinajstić information content (AvgIpc) is 2.90. The van der Waals surface area contributed by atoms with E-state index in [4.69, 9.17) is 0 Å². The van der Waals surface area contributed by atoms with Gasteiger partial charge in [0.25, 0.3) is 0 Å². The zero-order valence-corrected chi connectivity index (χ0v) is 16.8. The summed E-state index contributed by atoms with van der Waals surface area (Å²) in [4.78, 5) is 30.0. The number of rotatable bonds is 3. The minimum atomic E-state index is -0.642. The van der Waals surface area contributed by atoms with E-state index in [-0.39, 0.29) is 12.1 Å². The number of imide groups is 1. The molecule has 0 bridgehead atoms. The number of carbonyl (C=O) groups excluding carboxylic acids is 2. The van der Waals surface area contributed by atoms with Gasteiger partial charge in [-0.25, -0.2) is 9.29 Å². The van der Waals surface area contributed by atoms with Crippen molar-refractivity contribution in [1.29, 1.82) is 0 Å². The number of nitrogens with zero attached hydrogens (tertiary/aromatic N) is 2. The quantitative estimate of drug-likeness (QED) is 0.312. The fourth-order valence-electron chi connectivity index (χ4n) is 2.51. The van der Waals surface area contributed by atoms with E-state index in [1.165, 1.54) is 30.0 Å². The average molecular weight is 483 g/mol. The van der Waals surface area contributed by atoms with E-state index >= 15 is 0 Å². The monoisotopic (exact) mass is 483 g/mol. The second-order valence-electron chi connectivity index (χ2n) is 5.49. The number of benzene rings is 2. The summed E-state index contributed by atoms with van der Waals surface area (Å²) in [6.45, 7) is 0. The Hall–Kier alpha value is -1.94. The van der Waals surface area contributed by atoms with Crippen molar-refractivity contribution in [3.8, 4) is 0 Å². The van der Waals surface area contributed by atoms with Crippen molar-refractivity contribution in [1.82, 2.24) is 0 Å². The fraction of sp³-hybridized carbons (Fsp3) is 0.167. The van der Waals surface area contributed by atoms with Gasteiger partial charge in [0.15, 0.2) is 5.17 Å². The lowest BCUT2D eigenvalue weighted by atomic mass is 10.3. The molecule has 134 valence electrons. The summed E-state index contributed by atoms with van der Waals surface area (Å²) in [5.74, 6) is -1.45. The molecular formula is C18H15FIN3O2S. The summed E-state index contributed by atoms with van der Waals surface area (Å²) in [5, 5.41) is 3.02. The predicted octanol–water partition coefficient (Wildman–Crippen LogP) is 3.89. The van der Waals surface area contributed by atoms with Crippen LogP contribution in [-0.4, -0.2) is 29.3 Å². The smallest absolute Gasteiger partial charge is 0.247 e. The van der Waals surface area contributed by atoms with Crippen molar-refractivity contribution >= 4 is 62.7 Å². The molecule has 1 N–H and O–H groups in total. The van der Waals surface area contributed by atoms with E-state index in [9.17, 15) is 14.0 Å². The highest BCUT2D eigenvalue weighted by atomic mass is 127. The molecule has 0 saturated carbocycles. The number of amidine groups is 1. The van der Waals surface area contributed by atoms with Gasteiger partial charge in [-0.15, -0.1) is 0 Å². The van der Waals surface area contributed by atoms with Crippen molar-refractivity contribution in [3.05, 3.63) is 57.9 Å². The highest BCUT2D eigenvalue weighted by Gasteiger charge is 2.41. The van der Waals surface area contributed by atoms with Crippen LogP contribution in [0.15, 0.2) is 53.5 Å². The lowest BCUT2D eigenvalue weighted by Gasteiger charge is -2.16. The van der Waals surface area contributed by atoms with Crippen LogP contribution in [0.2, 0.25) is 0 Å². The third kappa shape index (κ3) is 4.07. The molecule has 26 heavy (non-hydrogen) atoms. The molecule has 1 atom stereocenters. The van der Waals surface area contributed by atoms with E-state index in [1.54, 1.807) is 13.1 Å². The van der Waals surface area contributed by atoms with Crippen molar-refractivity contribution in [2.24, 2.45) is 4.99 Å². The highest BCUT2D eigenvalue weighted by molar-refractivity contribution is 14.1. The second kappa shape index (κ2) is 8.17. The molecule has 1 fully saturated rings. The molecule has 2 aromatic carbocycles. The molecule has 2 aromatic rings. The zero-order chi connectivity index (χ0) is 18.7. The molecule has 0 unspecified atom stereocenters. The number of halogens is 2. The molecule has 8 heteroatoms. The maximum Gasteiger partial charge on any atom is 0.247 e. The number of hydrogen-bond acceptors (Lipinski definition) is 4. The third-order valence-electron chi connectivity index (χ3n) is 3.75. The van der Waals surface area contributed by atoms with Crippen LogP contribution in [0.4, 0.5) is 15.8 Å². The number of carbonyl (C=O) groups is 2. The molecule has 1 saturated heterocycles. The first kappa shape index (κ1) is 18.8. The van der Waals surface area contributed by atoms with Gasteiger partial charge in [-0.1, -0.05) is 23.9 Å². The normalized spacial score (nSPS) is 17.7. The Kier molecular flexibility index (Phi) is 5.92. The molecule has 0 aliphatic carbocycles. The predicted molar refractivity (Wildman–Crippen MR) is 111 cm³/mol. The number of amides is 2. The molecule has 2 amide bonds. The standard InChI is InChI=1S/C18H15FIN3O2S/c1-21-18(22-12-8-6-11(20)7-9-12)26-15-10-16(24)23(17(15)25)14-5-3-2-4-13(14)19/h2-9,15H,10H2,1H3,(H,21,22)/t15-/m0/s1. The Balaban J connectivity index is 1.73. The molecule has 1 aliphatic heterocycles. The Morgan fingerprint density at radius 3 is 2.58 bits per heavy atom. The van der Waals surface area contributed by atoms with Crippen molar-refractivity contribution in [3.63, 3.8) is 0 Å². The van der Waals surface area contributed by atoms with Crippen LogP contribution in [0.5, 0.6) is 0 Å². The van der Waals surface area contributed by atoms with Gasteiger partial charge < -0.3 is 5.32 Å². The van der Waals surface area contributed by atoms with Crippen LogP contribution in [0.3, 0.4) is 0 Å². The zero-order valence-electron chi connectivity index (χ0n) is 13.8. The molecule has 1 heterocycles. The number of hydrogen-bond donors (Lipinski definition) is 1. The van der Waals surface area contributed by atoms with Crippen LogP contribution < -0.4 is 10.2 Å². The number of aliphatic imine (C=N–C) groups is 1. The minimum Gasteiger partial charge on any atom is -0.335 e. The number of thioether (sulfide) groups is 1. The SMILES string of the molecule is CN=C(Nc1ccc(I)cc1)S[C@H]1CC(=O)N(c2ccccc2F)C1=O. The Morgan fingerprint density at radius 2 is 1.92 bits per heavy atom. The van der Waals surface area contributed by atoms with E-state index in [2.05, 4.69) is 32.9 Å². The first-order chi connectivity index (χ1) is 12.5. The van der Waals surface area contributed by atoms with Gasteiger partial charge in [0.05, 0.1) is 5.69 Å². The number of nitrogens with one attached hydrogen (secondary N) is 1. The van der Waals surface area contributed by atoms with Gasteiger partial charge in [0.1, 0.15) is 11.1 Å². The summed E-state index contributed by atoms with van der Waals surface area (Å²) >= 11 is 3.38. The van der Waals surface area contributed by atoms with Crippen molar-refractivity contribution in [2.45, 2.75) is 11.7 Å². The highest BCUT2D eigenvalue weighted by Crippen LogP contribution is 2.32. The lowest BCUT2D eigenvalue weighted by Crippen LogP contribution is -2.32. The second-order valence-corrected chi connectivity index (χ2v) is 7.93. The van der Waals surface area contributed by atoms with Crippen LogP contribution in [0.25, 0.3) is 0 Å². The Bertz CT molecular complexity index is 873. The van der Waals surface area contributed by atoms with Gasteiger partial charge in [-0.3, -0.25) is 14.6 Å². The maximum atomic E-state index is 14.0. The summed E-state index contributed by atoms with van der Waals surface area (Å²) in [6, 6.07) is 13.5. The molecule has 1 aliphatic rings. The molecule has 0 spiro atoms. The van der Waals surface area contributed by atoms with Gasteiger partial charge in [0.2, 0.25) is 11.8 Å². The molecule has 0 aromatic heterocycles. The maximum absolute atomic E-state index is 14.0. The Morgan fingerprint density at radius 1 is 1.23 bits per heavy atom.